The van der Waals surface area contributed by atoms with Crippen molar-refractivity contribution in [3.8, 4) is 0 Å². The van der Waals surface area contributed by atoms with Crippen molar-refractivity contribution in [1.29, 1.82) is 0 Å². The van der Waals surface area contributed by atoms with Gasteiger partial charge in [0.25, 0.3) is 0 Å². The van der Waals surface area contributed by atoms with Crippen LogP contribution in [0.1, 0.15) is 43.4 Å². The number of esters is 1. The third-order valence-electron chi connectivity index (χ3n) is 6.10. The minimum atomic E-state index is -0.0474. The van der Waals surface area contributed by atoms with E-state index >= 15 is 0 Å². The second kappa shape index (κ2) is 6.25. The summed E-state index contributed by atoms with van der Waals surface area (Å²) in [5.41, 5.74) is 4.00. The largest absolute Gasteiger partial charge is 0.469 e. The standard InChI is InChI=1S/C20H26N2O2/c1-3-12-10-13(20(23)24-2)11-16-18(12)21-9-8-15-14-6-4-5-7-17(14)22-19(15)16/h4-7,12-13,16,18,21-22H,3,8-11H2,1-2H3/t12-,13-,16-,18+/m1/s1. The summed E-state index contributed by atoms with van der Waals surface area (Å²) in [5.74, 6) is 0.845. The lowest BCUT2D eigenvalue weighted by molar-refractivity contribution is -0.147. The van der Waals surface area contributed by atoms with Gasteiger partial charge in [0.15, 0.2) is 0 Å². The molecule has 0 radical (unpaired) electrons. The van der Waals surface area contributed by atoms with Crippen LogP contribution in [0.2, 0.25) is 0 Å². The summed E-state index contributed by atoms with van der Waals surface area (Å²) in [6.45, 7) is 3.25. The normalized spacial score (nSPS) is 29.6. The third kappa shape index (κ3) is 2.44. The van der Waals surface area contributed by atoms with Crippen LogP contribution in [0, 0.1) is 11.8 Å². The van der Waals surface area contributed by atoms with Crippen molar-refractivity contribution in [2.45, 2.75) is 44.6 Å². The molecule has 0 spiro atoms. The predicted molar refractivity (Wildman–Crippen MR) is 95.1 cm³/mol. The van der Waals surface area contributed by atoms with Crippen LogP contribution >= 0.6 is 0 Å². The minimum Gasteiger partial charge on any atom is -0.469 e. The van der Waals surface area contributed by atoms with Gasteiger partial charge in [-0.3, -0.25) is 4.79 Å². The van der Waals surface area contributed by atoms with Crippen molar-refractivity contribution in [3.05, 3.63) is 35.5 Å². The Morgan fingerprint density at radius 1 is 1.29 bits per heavy atom. The number of hydrogen-bond acceptors (Lipinski definition) is 3. The Hall–Kier alpha value is -1.81. The van der Waals surface area contributed by atoms with E-state index in [4.69, 9.17) is 4.74 Å². The molecule has 4 heteroatoms. The van der Waals surface area contributed by atoms with Crippen LogP contribution in [0.3, 0.4) is 0 Å². The van der Waals surface area contributed by atoms with E-state index in [-0.39, 0.29) is 11.9 Å². The van der Waals surface area contributed by atoms with Crippen LogP contribution in [-0.2, 0) is 16.0 Å². The molecule has 4 nitrogen and oxygen atoms in total. The zero-order valence-electron chi connectivity index (χ0n) is 14.5. The lowest BCUT2D eigenvalue weighted by atomic mass is 9.69. The predicted octanol–water partition coefficient (Wildman–Crippen LogP) is 3.38. The maximum Gasteiger partial charge on any atom is 0.308 e. The molecule has 1 aliphatic heterocycles. The molecule has 1 fully saturated rings. The van der Waals surface area contributed by atoms with Crippen molar-refractivity contribution in [2.24, 2.45) is 11.8 Å². The number of nitrogens with one attached hydrogen (secondary N) is 2. The van der Waals surface area contributed by atoms with E-state index in [2.05, 4.69) is 41.5 Å². The first-order valence-corrected chi connectivity index (χ1v) is 9.13. The molecule has 4 atom stereocenters. The van der Waals surface area contributed by atoms with Crippen molar-refractivity contribution in [3.63, 3.8) is 0 Å². The van der Waals surface area contributed by atoms with Crippen LogP contribution in [-0.4, -0.2) is 30.6 Å². The number of H-pyrrole nitrogens is 1. The van der Waals surface area contributed by atoms with Crippen LogP contribution in [0.25, 0.3) is 10.9 Å². The number of carbonyl (C=O) groups excluding carboxylic acids is 1. The van der Waals surface area contributed by atoms with E-state index in [0.29, 0.717) is 17.9 Å². The second-order valence-corrected chi connectivity index (χ2v) is 7.26. The molecular formula is C20H26N2O2. The smallest absolute Gasteiger partial charge is 0.308 e. The second-order valence-electron chi connectivity index (χ2n) is 7.26. The molecule has 1 aliphatic carbocycles. The van der Waals surface area contributed by atoms with Crippen molar-refractivity contribution < 1.29 is 9.53 Å². The molecule has 0 unspecified atom stereocenters. The molecule has 1 aromatic carbocycles. The van der Waals surface area contributed by atoms with Crippen molar-refractivity contribution in [1.82, 2.24) is 10.3 Å². The number of carbonyl (C=O) groups is 1. The van der Waals surface area contributed by atoms with E-state index in [1.54, 1.807) is 0 Å². The number of fused-ring (bicyclic) bond motifs is 5. The van der Waals surface area contributed by atoms with Gasteiger partial charge in [0.2, 0.25) is 0 Å². The molecular weight excluding hydrogens is 300 g/mol. The number of aromatic amines is 1. The average Bonchev–Trinajstić information content (AvgIpc) is 2.89. The summed E-state index contributed by atoms with van der Waals surface area (Å²) in [6.07, 6.45) is 3.95. The van der Waals surface area contributed by atoms with Gasteiger partial charge in [0, 0.05) is 28.6 Å². The van der Waals surface area contributed by atoms with E-state index in [9.17, 15) is 4.79 Å². The van der Waals surface area contributed by atoms with Gasteiger partial charge in [-0.05, 0) is 43.4 Å². The minimum absolute atomic E-state index is 0.0142. The van der Waals surface area contributed by atoms with Gasteiger partial charge in [-0.2, -0.15) is 0 Å². The Morgan fingerprint density at radius 3 is 2.92 bits per heavy atom. The molecule has 2 aliphatic rings. The van der Waals surface area contributed by atoms with E-state index < -0.39 is 0 Å². The number of benzene rings is 1. The highest BCUT2D eigenvalue weighted by molar-refractivity contribution is 5.85. The van der Waals surface area contributed by atoms with Gasteiger partial charge in [0.05, 0.1) is 13.0 Å². The Kier molecular flexibility index (Phi) is 4.09. The quantitative estimate of drug-likeness (QED) is 0.832. The highest BCUT2D eigenvalue weighted by Gasteiger charge is 2.42. The summed E-state index contributed by atoms with van der Waals surface area (Å²) in [5, 5.41) is 5.12. The van der Waals surface area contributed by atoms with Crippen LogP contribution < -0.4 is 5.32 Å². The number of methoxy groups -OCH3 is 1. The first kappa shape index (κ1) is 15.7. The van der Waals surface area contributed by atoms with Crippen LogP contribution in [0.5, 0.6) is 0 Å². The highest BCUT2D eigenvalue weighted by Crippen LogP contribution is 2.44. The van der Waals surface area contributed by atoms with Crippen LogP contribution in [0.4, 0.5) is 0 Å². The zero-order valence-corrected chi connectivity index (χ0v) is 14.5. The van der Waals surface area contributed by atoms with Gasteiger partial charge in [-0.15, -0.1) is 0 Å². The van der Waals surface area contributed by atoms with E-state index in [1.807, 2.05) is 0 Å². The van der Waals surface area contributed by atoms with Crippen molar-refractivity contribution >= 4 is 16.9 Å². The lowest BCUT2D eigenvalue weighted by Crippen LogP contribution is -2.46. The van der Waals surface area contributed by atoms with E-state index in [0.717, 1.165) is 32.2 Å². The van der Waals surface area contributed by atoms with Crippen molar-refractivity contribution in [2.75, 3.05) is 13.7 Å². The average molecular weight is 326 g/mol. The van der Waals surface area contributed by atoms with Gasteiger partial charge in [0.1, 0.15) is 0 Å². The van der Waals surface area contributed by atoms with Gasteiger partial charge in [-0.1, -0.05) is 31.5 Å². The zero-order chi connectivity index (χ0) is 16.7. The monoisotopic (exact) mass is 326 g/mol. The molecule has 24 heavy (non-hydrogen) atoms. The first-order valence-electron chi connectivity index (χ1n) is 9.13. The summed E-state index contributed by atoms with van der Waals surface area (Å²) in [4.78, 5) is 15.9. The lowest BCUT2D eigenvalue weighted by Gasteiger charge is -2.40. The topological polar surface area (TPSA) is 54.1 Å². The fraction of sp³-hybridized carbons (Fsp3) is 0.550. The SMILES string of the molecule is CC[C@@H]1C[C@@H](C(=O)OC)C[C@H]2c3[nH]c4ccccc4c3CCN[C@@H]12. The Bertz CT molecular complexity index is 751. The number of aromatic nitrogens is 1. The molecule has 1 saturated carbocycles. The fourth-order valence-electron chi connectivity index (χ4n) is 4.95. The van der Waals surface area contributed by atoms with E-state index in [1.165, 1.54) is 29.3 Å². The number of rotatable bonds is 2. The van der Waals surface area contributed by atoms with Gasteiger partial charge >= 0.3 is 5.97 Å². The first-order chi connectivity index (χ1) is 11.7. The Labute approximate surface area is 143 Å². The molecule has 2 aromatic rings. The molecule has 2 N–H and O–H groups in total. The third-order valence-corrected chi connectivity index (χ3v) is 6.10. The summed E-state index contributed by atoms with van der Waals surface area (Å²) < 4.78 is 5.07. The molecule has 128 valence electrons. The number of para-hydroxylation sites is 1. The van der Waals surface area contributed by atoms with Gasteiger partial charge in [-0.25, -0.2) is 0 Å². The molecule has 0 amide bonds. The van der Waals surface area contributed by atoms with Crippen LogP contribution in [0.15, 0.2) is 24.3 Å². The Balaban J connectivity index is 1.79. The molecule has 4 rings (SSSR count). The Morgan fingerprint density at radius 2 is 2.12 bits per heavy atom. The molecule has 0 saturated heterocycles. The summed E-state index contributed by atoms with van der Waals surface area (Å²) in [6, 6.07) is 9.01. The maximum absolute atomic E-state index is 12.2. The fourth-order valence-corrected chi connectivity index (χ4v) is 4.95. The molecule has 1 aromatic heterocycles. The highest BCUT2D eigenvalue weighted by atomic mass is 16.5. The molecule has 2 heterocycles. The summed E-state index contributed by atoms with van der Waals surface area (Å²) >= 11 is 0. The molecule has 0 bridgehead atoms. The number of ether oxygens (including phenoxy) is 1. The summed E-state index contributed by atoms with van der Waals surface area (Å²) in [7, 11) is 1.51. The number of hydrogen-bond donors (Lipinski definition) is 2. The van der Waals surface area contributed by atoms with Gasteiger partial charge < -0.3 is 15.0 Å². The maximum atomic E-state index is 12.2.